The molecule has 0 amide bonds. The second-order valence-corrected chi connectivity index (χ2v) is 4.64. The van der Waals surface area contributed by atoms with Gasteiger partial charge in [0.25, 0.3) is 0 Å². The summed E-state index contributed by atoms with van der Waals surface area (Å²) in [5.41, 5.74) is 1.20. The zero-order chi connectivity index (χ0) is 10.6. The van der Waals surface area contributed by atoms with Gasteiger partial charge >= 0.3 is 0 Å². The van der Waals surface area contributed by atoms with Crippen LogP contribution in [0.1, 0.15) is 6.92 Å². The minimum atomic E-state index is -0.249. The SMILES string of the molecule is CNC(C)(NC)Nc1ccccc1[SiH3]. The van der Waals surface area contributed by atoms with Gasteiger partial charge in [-0.25, -0.2) is 0 Å². The van der Waals surface area contributed by atoms with E-state index >= 15 is 0 Å². The Balaban J connectivity index is 2.82. The zero-order valence-electron chi connectivity index (χ0n) is 9.31. The summed E-state index contributed by atoms with van der Waals surface area (Å²) in [6.07, 6.45) is 0. The van der Waals surface area contributed by atoms with Gasteiger partial charge in [0.05, 0.1) is 0 Å². The summed E-state index contributed by atoms with van der Waals surface area (Å²) in [5, 5.41) is 11.2. The predicted octanol–water partition coefficient (Wildman–Crippen LogP) is -0.798. The third-order valence-electron chi connectivity index (χ3n) is 2.53. The zero-order valence-corrected chi connectivity index (χ0v) is 11.3. The molecule has 0 heterocycles. The normalized spacial score (nSPS) is 11.6. The first-order chi connectivity index (χ1) is 6.61. The molecule has 0 bridgehead atoms. The average Bonchev–Trinajstić information content (AvgIpc) is 2.21. The summed E-state index contributed by atoms with van der Waals surface area (Å²) in [7, 11) is 4.92. The van der Waals surface area contributed by atoms with Crippen molar-refractivity contribution in [3.8, 4) is 0 Å². The van der Waals surface area contributed by atoms with Gasteiger partial charge in [0.1, 0.15) is 5.79 Å². The van der Waals surface area contributed by atoms with Gasteiger partial charge in [0.2, 0.25) is 0 Å². The van der Waals surface area contributed by atoms with E-state index in [0.29, 0.717) is 0 Å². The molecule has 0 radical (unpaired) electrons. The van der Waals surface area contributed by atoms with Crippen molar-refractivity contribution in [1.82, 2.24) is 10.6 Å². The molecule has 0 aromatic heterocycles. The molecule has 1 rings (SSSR count). The molecular weight excluding hydrogens is 190 g/mol. The van der Waals surface area contributed by atoms with E-state index in [9.17, 15) is 0 Å². The molecule has 78 valence electrons. The highest BCUT2D eigenvalue weighted by Crippen LogP contribution is 2.07. The van der Waals surface area contributed by atoms with Crippen LogP contribution in [-0.2, 0) is 0 Å². The third-order valence-corrected chi connectivity index (χ3v) is 3.40. The highest BCUT2D eigenvalue weighted by atomic mass is 28.1. The van der Waals surface area contributed by atoms with E-state index in [-0.39, 0.29) is 5.79 Å². The molecule has 3 N–H and O–H groups in total. The van der Waals surface area contributed by atoms with Crippen LogP contribution in [-0.4, -0.2) is 30.1 Å². The number of hydrogen-bond acceptors (Lipinski definition) is 3. The van der Waals surface area contributed by atoms with Crippen LogP contribution in [0.2, 0.25) is 0 Å². The molecule has 0 spiro atoms. The first-order valence-electron chi connectivity index (χ1n) is 4.83. The molecule has 0 saturated carbocycles. The van der Waals surface area contributed by atoms with E-state index in [4.69, 9.17) is 0 Å². The molecule has 1 aromatic carbocycles. The van der Waals surface area contributed by atoms with Crippen molar-refractivity contribution in [2.45, 2.75) is 12.7 Å². The summed E-state index contributed by atoms with van der Waals surface area (Å²) < 4.78 is 0. The molecule has 4 heteroatoms. The fourth-order valence-electron chi connectivity index (χ4n) is 1.23. The third kappa shape index (κ3) is 2.57. The minimum Gasteiger partial charge on any atom is -0.355 e. The number of benzene rings is 1. The first kappa shape index (κ1) is 11.2. The van der Waals surface area contributed by atoms with Gasteiger partial charge in [-0.2, -0.15) is 0 Å². The maximum absolute atomic E-state index is 3.44. The lowest BCUT2D eigenvalue weighted by Gasteiger charge is -2.31. The molecule has 0 aliphatic carbocycles. The summed E-state index contributed by atoms with van der Waals surface area (Å²) >= 11 is 0. The molecule has 0 fully saturated rings. The molecule has 1 aromatic rings. The molecule has 0 saturated heterocycles. The van der Waals surface area contributed by atoms with E-state index in [0.717, 1.165) is 10.2 Å². The maximum atomic E-state index is 3.44. The smallest absolute Gasteiger partial charge is 0.140 e. The summed E-state index contributed by atoms with van der Waals surface area (Å²) in [6.45, 7) is 2.07. The largest absolute Gasteiger partial charge is 0.355 e. The van der Waals surface area contributed by atoms with Crippen LogP contribution in [0.5, 0.6) is 0 Å². The monoisotopic (exact) mass is 209 g/mol. The van der Waals surface area contributed by atoms with E-state index in [1.807, 2.05) is 14.1 Å². The number of nitrogens with one attached hydrogen (secondary N) is 3. The van der Waals surface area contributed by atoms with Crippen molar-refractivity contribution >= 4 is 21.1 Å². The van der Waals surface area contributed by atoms with Crippen LogP contribution in [0.4, 0.5) is 5.69 Å². The fourth-order valence-corrected chi connectivity index (χ4v) is 1.72. The Morgan fingerprint density at radius 3 is 2.21 bits per heavy atom. The van der Waals surface area contributed by atoms with Crippen molar-refractivity contribution in [2.75, 3.05) is 19.4 Å². The quantitative estimate of drug-likeness (QED) is 0.449. The maximum Gasteiger partial charge on any atom is 0.140 e. The second kappa shape index (κ2) is 4.59. The van der Waals surface area contributed by atoms with Crippen molar-refractivity contribution in [2.24, 2.45) is 0 Å². The summed E-state index contributed by atoms with van der Waals surface area (Å²) in [6, 6.07) is 8.38. The van der Waals surface area contributed by atoms with Crippen LogP contribution in [0.25, 0.3) is 0 Å². The predicted molar refractivity (Wildman–Crippen MR) is 66.2 cm³/mol. The fraction of sp³-hybridized carbons (Fsp3) is 0.400. The lowest BCUT2D eigenvalue weighted by Crippen LogP contribution is -2.58. The van der Waals surface area contributed by atoms with Crippen LogP contribution >= 0.6 is 0 Å². The minimum absolute atomic E-state index is 0.249. The van der Waals surface area contributed by atoms with Crippen LogP contribution < -0.4 is 21.1 Å². The Kier molecular flexibility index (Phi) is 3.68. The van der Waals surface area contributed by atoms with Crippen molar-refractivity contribution < 1.29 is 0 Å². The number of hydrogen-bond donors (Lipinski definition) is 3. The standard InChI is InChI=1S/C10H19N3Si/c1-10(11-2,12-3)13-8-6-4-5-7-9(8)14/h4-7,11-13H,1-3,14H3. The number of anilines is 1. The first-order valence-corrected chi connectivity index (χ1v) is 5.83. The lowest BCUT2D eigenvalue weighted by atomic mass is 10.3. The van der Waals surface area contributed by atoms with Gasteiger partial charge in [-0.3, -0.25) is 10.6 Å². The Hall–Kier alpha value is -0.843. The average molecular weight is 209 g/mol. The van der Waals surface area contributed by atoms with Crippen molar-refractivity contribution in [1.29, 1.82) is 0 Å². The molecule has 0 aliphatic rings. The highest BCUT2D eigenvalue weighted by molar-refractivity contribution is 6.35. The molecule has 3 nitrogen and oxygen atoms in total. The van der Waals surface area contributed by atoms with Crippen LogP contribution in [0.15, 0.2) is 24.3 Å². The van der Waals surface area contributed by atoms with E-state index < -0.39 is 0 Å². The number of para-hydroxylation sites is 1. The van der Waals surface area contributed by atoms with E-state index in [1.54, 1.807) is 0 Å². The lowest BCUT2D eigenvalue weighted by molar-refractivity contribution is 0.377. The Labute approximate surface area is 88.7 Å². The Bertz CT molecular complexity index is 297. The second-order valence-electron chi connectivity index (χ2n) is 3.56. The van der Waals surface area contributed by atoms with E-state index in [1.165, 1.54) is 10.9 Å². The van der Waals surface area contributed by atoms with Gasteiger partial charge in [0, 0.05) is 15.9 Å². The van der Waals surface area contributed by atoms with Gasteiger partial charge in [0.15, 0.2) is 0 Å². The summed E-state index contributed by atoms with van der Waals surface area (Å²) in [4.78, 5) is 0. The molecule has 0 unspecified atom stereocenters. The summed E-state index contributed by atoms with van der Waals surface area (Å²) in [5.74, 6) is -0.249. The Morgan fingerprint density at radius 1 is 1.14 bits per heavy atom. The van der Waals surface area contributed by atoms with Gasteiger partial charge in [-0.1, -0.05) is 18.2 Å². The van der Waals surface area contributed by atoms with Gasteiger partial charge < -0.3 is 5.32 Å². The Morgan fingerprint density at radius 2 is 1.71 bits per heavy atom. The topological polar surface area (TPSA) is 36.1 Å². The van der Waals surface area contributed by atoms with Crippen LogP contribution in [0, 0.1) is 0 Å². The van der Waals surface area contributed by atoms with Gasteiger partial charge in [-0.05, 0) is 32.3 Å². The molecule has 0 atom stereocenters. The molecule has 14 heavy (non-hydrogen) atoms. The molecular formula is C10H19N3Si. The molecule has 0 aliphatic heterocycles. The van der Waals surface area contributed by atoms with E-state index in [2.05, 4.69) is 47.1 Å². The highest BCUT2D eigenvalue weighted by Gasteiger charge is 2.18. The van der Waals surface area contributed by atoms with Crippen molar-refractivity contribution in [3.63, 3.8) is 0 Å². The number of rotatable bonds is 4. The van der Waals surface area contributed by atoms with Gasteiger partial charge in [-0.15, -0.1) is 0 Å². The van der Waals surface area contributed by atoms with Crippen LogP contribution in [0.3, 0.4) is 0 Å². The van der Waals surface area contributed by atoms with Crippen molar-refractivity contribution in [3.05, 3.63) is 24.3 Å².